The van der Waals surface area contributed by atoms with E-state index in [0.29, 0.717) is 19.3 Å². The molecule has 0 bridgehead atoms. The molecule has 0 aromatic heterocycles. The van der Waals surface area contributed by atoms with Crippen molar-refractivity contribution in [1.29, 1.82) is 0 Å². The monoisotopic (exact) mass is 283 g/mol. The van der Waals surface area contributed by atoms with Gasteiger partial charge in [0.2, 0.25) is 0 Å². The zero-order chi connectivity index (χ0) is 14.5. The highest BCUT2D eigenvalue weighted by molar-refractivity contribution is 5.55. The molecule has 1 aliphatic rings. The lowest BCUT2D eigenvalue weighted by atomic mass is 10.1. The molecule has 3 rings (SSSR count). The molecule has 1 N–H and O–H groups in total. The molecule has 0 saturated heterocycles. The number of nitrogens with one attached hydrogen (secondary N) is 1. The average molecular weight is 283 g/mol. The fraction of sp³-hybridized carbons (Fsp3) is 0.333. The first-order valence-corrected chi connectivity index (χ1v) is 7.51. The van der Waals surface area contributed by atoms with Crippen LogP contribution in [0.4, 0.5) is 5.69 Å². The summed E-state index contributed by atoms with van der Waals surface area (Å²) in [6.07, 6.45) is 2.18. The van der Waals surface area contributed by atoms with Crippen LogP contribution in [0, 0.1) is 0 Å². The molecule has 1 aliphatic heterocycles. The highest BCUT2D eigenvalue weighted by atomic mass is 16.6. The standard InChI is InChI=1S/C18H21NO2/c1-14(7-8-15-5-3-2-4-6-15)19-16-9-10-17-18(13-16)21-12-11-20-17/h2-6,9-10,13-14,19H,7-8,11-12H2,1H3. The number of hydrogen-bond donors (Lipinski definition) is 1. The SMILES string of the molecule is CC(CCc1ccccc1)Nc1ccc2c(c1)OCCO2. The first-order chi connectivity index (χ1) is 10.3. The molecule has 0 spiro atoms. The van der Waals surface area contributed by atoms with Crippen LogP contribution in [0.1, 0.15) is 18.9 Å². The number of rotatable bonds is 5. The zero-order valence-electron chi connectivity index (χ0n) is 12.3. The van der Waals surface area contributed by atoms with Gasteiger partial charge in [0.05, 0.1) is 0 Å². The number of ether oxygens (including phenoxy) is 2. The molecule has 1 unspecified atom stereocenters. The second kappa shape index (κ2) is 6.53. The fourth-order valence-corrected chi connectivity index (χ4v) is 2.52. The Morgan fingerprint density at radius 2 is 1.76 bits per heavy atom. The van der Waals surface area contributed by atoms with E-state index in [2.05, 4.69) is 42.6 Å². The van der Waals surface area contributed by atoms with Crippen LogP contribution in [0.5, 0.6) is 11.5 Å². The Bertz CT molecular complexity index is 583. The molecular weight excluding hydrogens is 262 g/mol. The lowest BCUT2D eigenvalue weighted by Crippen LogP contribution is -2.18. The van der Waals surface area contributed by atoms with Gasteiger partial charge in [-0.05, 0) is 37.5 Å². The third kappa shape index (κ3) is 3.69. The van der Waals surface area contributed by atoms with Crippen molar-refractivity contribution in [1.82, 2.24) is 0 Å². The van der Waals surface area contributed by atoms with Crippen molar-refractivity contribution < 1.29 is 9.47 Å². The predicted molar refractivity (Wildman–Crippen MR) is 85.3 cm³/mol. The Morgan fingerprint density at radius 3 is 2.57 bits per heavy atom. The van der Waals surface area contributed by atoms with E-state index in [0.717, 1.165) is 30.0 Å². The average Bonchev–Trinajstić information content (AvgIpc) is 2.54. The number of aryl methyl sites for hydroxylation is 1. The molecule has 2 aromatic carbocycles. The molecule has 2 aromatic rings. The van der Waals surface area contributed by atoms with Gasteiger partial charge in [-0.15, -0.1) is 0 Å². The van der Waals surface area contributed by atoms with Crippen LogP contribution >= 0.6 is 0 Å². The minimum atomic E-state index is 0.410. The van der Waals surface area contributed by atoms with E-state index < -0.39 is 0 Å². The maximum atomic E-state index is 5.61. The van der Waals surface area contributed by atoms with Crippen LogP contribution in [0.2, 0.25) is 0 Å². The smallest absolute Gasteiger partial charge is 0.163 e. The van der Waals surface area contributed by atoms with E-state index in [1.54, 1.807) is 0 Å². The Kier molecular flexibility index (Phi) is 4.29. The molecule has 0 radical (unpaired) electrons. The van der Waals surface area contributed by atoms with E-state index in [1.807, 2.05) is 18.2 Å². The number of fused-ring (bicyclic) bond motifs is 1. The van der Waals surface area contributed by atoms with E-state index in [-0.39, 0.29) is 0 Å². The molecule has 0 aliphatic carbocycles. The largest absolute Gasteiger partial charge is 0.486 e. The minimum absolute atomic E-state index is 0.410. The van der Waals surface area contributed by atoms with Gasteiger partial charge >= 0.3 is 0 Å². The summed E-state index contributed by atoms with van der Waals surface area (Å²) in [5, 5.41) is 3.53. The van der Waals surface area contributed by atoms with Crippen LogP contribution in [0.25, 0.3) is 0 Å². The van der Waals surface area contributed by atoms with Crippen molar-refractivity contribution >= 4 is 5.69 Å². The van der Waals surface area contributed by atoms with E-state index in [1.165, 1.54) is 5.56 Å². The molecule has 0 saturated carbocycles. The van der Waals surface area contributed by atoms with Gasteiger partial charge in [0.15, 0.2) is 11.5 Å². The molecule has 0 amide bonds. The summed E-state index contributed by atoms with van der Waals surface area (Å²) in [6, 6.07) is 17.0. The Morgan fingerprint density at radius 1 is 1.00 bits per heavy atom. The van der Waals surface area contributed by atoms with Gasteiger partial charge in [-0.25, -0.2) is 0 Å². The second-order valence-corrected chi connectivity index (χ2v) is 5.43. The van der Waals surface area contributed by atoms with Crippen LogP contribution in [-0.2, 0) is 6.42 Å². The fourth-order valence-electron chi connectivity index (χ4n) is 2.52. The Hall–Kier alpha value is -2.16. The summed E-state index contributed by atoms with van der Waals surface area (Å²) in [5.41, 5.74) is 2.47. The lowest BCUT2D eigenvalue weighted by Gasteiger charge is -2.21. The van der Waals surface area contributed by atoms with Crippen molar-refractivity contribution in [2.45, 2.75) is 25.8 Å². The second-order valence-electron chi connectivity index (χ2n) is 5.43. The summed E-state index contributed by atoms with van der Waals surface area (Å²) in [6.45, 7) is 3.47. The molecule has 0 fully saturated rings. The van der Waals surface area contributed by atoms with Gasteiger partial charge < -0.3 is 14.8 Å². The Balaban J connectivity index is 1.56. The molecular formula is C18H21NO2. The summed E-state index contributed by atoms with van der Waals surface area (Å²) in [4.78, 5) is 0. The first-order valence-electron chi connectivity index (χ1n) is 7.51. The van der Waals surface area contributed by atoms with Gasteiger partial charge in [-0.2, -0.15) is 0 Å². The maximum Gasteiger partial charge on any atom is 0.163 e. The van der Waals surface area contributed by atoms with Crippen molar-refractivity contribution in [2.75, 3.05) is 18.5 Å². The predicted octanol–water partition coefficient (Wildman–Crippen LogP) is 3.89. The summed E-state index contributed by atoms with van der Waals surface area (Å²) in [7, 11) is 0. The first kappa shape index (κ1) is 13.8. The summed E-state index contributed by atoms with van der Waals surface area (Å²) < 4.78 is 11.1. The van der Waals surface area contributed by atoms with E-state index >= 15 is 0 Å². The zero-order valence-corrected chi connectivity index (χ0v) is 12.3. The highest BCUT2D eigenvalue weighted by Crippen LogP contribution is 2.32. The normalized spacial score (nSPS) is 14.5. The van der Waals surface area contributed by atoms with E-state index in [9.17, 15) is 0 Å². The van der Waals surface area contributed by atoms with E-state index in [4.69, 9.17) is 9.47 Å². The van der Waals surface area contributed by atoms with Gasteiger partial charge in [-0.3, -0.25) is 0 Å². The molecule has 110 valence electrons. The summed E-state index contributed by atoms with van der Waals surface area (Å²) >= 11 is 0. The third-order valence-electron chi connectivity index (χ3n) is 3.66. The van der Waals surface area contributed by atoms with Crippen LogP contribution in [0.15, 0.2) is 48.5 Å². The number of benzene rings is 2. The third-order valence-corrected chi connectivity index (χ3v) is 3.66. The highest BCUT2D eigenvalue weighted by Gasteiger charge is 2.12. The van der Waals surface area contributed by atoms with Crippen molar-refractivity contribution in [3.8, 4) is 11.5 Å². The number of anilines is 1. The van der Waals surface area contributed by atoms with Gasteiger partial charge in [-0.1, -0.05) is 30.3 Å². The minimum Gasteiger partial charge on any atom is -0.486 e. The van der Waals surface area contributed by atoms with Crippen LogP contribution < -0.4 is 14.8 Å². The molecule has 3 nitrogen and oxygen atoms in total. The molecule has 1 atom stereocenters. The summed E-state index contributed by atoms with van der Waals surface area (Å²) in [5.74, 6) is 1.67. The van der Waals surface area contributed by atoms with Crippen molar-refractivity contribution in [3.63, 3.8) is 0 Å². The van der Waals surface area contributed by atoms with Crippen molar-refractivity contribution in [3.05, 3.63) is 54.1 Å². The lowest BCUT2D eigenvalue weighted by molar-refractivity contribution is 0.171. The Labute approximate surface area is 125 Å². The molecule has 3 heteroatoms. The van der Waals surface area contributed by atoms with Gasteiger partial charge in [0, 0.05) is 17.8 Å². The maximum absolute atomic E-state index is 5.61. The van der Waals surface area contributed by atoms with Crippen LogP contribution in [0.3, 0.4) is 0 Å². The molecule has 21 heavy (non-hydrogen) atoms. The number of hydrogen-bond acceptors (Lipinski definition) is 3. The van der Waals surface area contributed by atoms with Crippen molar-refractivity contribution in [2.24, 2.45) is 0 Å². The van der Waals surface area contributed by atoms with Crippen LogP contribution in [-0.4, -0.2) is 19.3 Å². The quantitative estimate of drug-likeness (QED) is 0.903. The molecule has 1 heterocycles. The topological polar surface area (TPSA) is 30.5 Å². The van der Waals surface area contributed by atoms with Gasteiger partial charge in [0.1, 0.15) is 13.2 Å². The van der Waals surface area contributed by atoms with Gasteiger partial charge in [0.25, 0.3) is 0 Å².